The molecular weight excluding hydrogens is 320 g/mol. The highest BCUT2D eigenvalue weighted by atomic mass is 79.9. The van der Waals surface area contributed by atoms with Gasteiger partial charge in [-0.25, -0.2) is 0 Å². The van der Waals surface area contributed by atoms with E-state index in [2.05, 4.69) is 33.1 Å². The minimum absolute atomic E-state index is 0.0567. The van der Waals surface area contributed by atoms with E-state index in [-0.39, 0.29) is 5.91 Å². The second-order valence-corrected chi connectivity index (χ2v) is 5.83. The van der Waals surface area contributed by atoms with Gasteiger partial charge in [-0.2, -0.15) is 0 Å². The van der Waals surface area contributed by atoms with Crippen molar-refractivity contribution in [2.45, 2.75) is 25.8 Å². The first-order chi connectivity index (χ1) is 9.65. The topological polar surface area (TPSA) is 41.6 Å². The molecule has 5 heteroatoms. The van der Waals surface area contributed by atoms with E-state index in [1.54, 1.807) is 13.2 Å². The Morgan fingerprint density at radius 1 is 1.55 bits per heavy atom. The van der Waals surface area contributed by atoms with E-state index in [0.29, 0.717) is 23.9 Å². The third-order valence-electron chi connectivity index (χ3n) is 3.82. The second-order valence-electron chi connectivity index (χ2n) is 4.98. The molecule has 20 heavy (non-hydrogen) atoms. The van der Waals surface area contributed by atoms with Gasteiger partial charge in [0, 0.05) is 17.1 Å². The average molecular weight is 341 g/mol. The summed E-state index contributed by atoms with van der Waals surface area (Å²) in [5.74, 6) is 0.633. The van der Waals surface area contributed by atoms with E-state index < -0.39 is 0 Å². The molecule has 1 amide bonds. The van der Waals surface area contributed by atoms with E-state index in [1.165, 1.54) is 6.42 Å². The zero-order valence-electron chi connectivity index (χ0n) is 12.0. The number of halogens is 1. The molecule has 1 unspecified atom stereocenters. The normalized spacial score (nSPS) is 19.1. The molecule has 2 rings (SSSR count). The van der Waals surface area contributed by atoms with Crippen LogP contribution in [0.15, 0.2) is 22.7 Å². The first-order valence-electron chi connectivity index (χ1n) is 7.01. The van der Waals surface area contributed by atoms with Gasteiger partial charge in [0.2, 0.25) is 0 Å². The maximum absolute atomic E-state index is 12.3. The van der Waals surface area contributed by atoms with E-state index in [1.807, 2.05) is 12.1 Å². The highest BCUT2D eigenvalue weighted by Gasteiger charge is 2.23. The van der Waals surface area contributed by atoms with E-state index >= 15 is 0 Å². The molecule has 1 aromatic rings. The molecule has 1 aliphatic heterocycles. The predicted octanol–water partition coefficient (Wildman–Crippen LogP) is 2.67. The van der Waals surface area contributed by atoms with Gasteiger partial charge in [0.15, 0.2) is 0 Å². The fourth-order valence-corrected chi connectivity index (χ4v) is 3.08. The number of nitrogens with zero attached hydrogens (tertiary/aromatic N) is 1. The van der Waals surface area contributed by atoms with Crippen LogP contribution in [0.2, 0.25) is 0 Å². The number of ether oxygens (including phenoxy) is 1. The molecule has 1 N–H and O–H groups in total. The van der Waals surface area contributed by atoms with Crippen LogP contribution < -0.4 is 10.1 Å². The maximum Gasteiger partial charge on any atom is 0.252 e. The van der Waals surface area contributed by atoms with Gasteiger partial charge in [0.1, 0.15) is 5.75 Å². The van der Waals surface area contributed by atoms with Crippen LogP contribution in [0.1, 0.15) is 30.1 Å². The van der Waals surface area contributed by atoms with Gasteiger partial charge in [-0.05, 0) is 60.1 Å². The third kappa shape index (κ3) is 3.52. The van der Waals surface area contributed by atoms with Crippen molar-refractivity contribution < 1.29 is 9.53 Å². The molecule has 1 aromatic carbocycles. The van der Waals surface area contributed by atoms with Crippen molar-refractivity contribution in [3.05, 3.63) is 28.2 Å². The number of likely N-dealkylation sites (N-methyl/N-ethyl adjacent to an activating group) is 1. The second kappa shape index (κ2) is 7.09. The van der Waals surface area contributed by atoms with Crippen LogP contribution in [-0.2, 0) is 0 Å². The van der Waals surface area contributed by atoms with Gasteiger partial charge < -0.3 is 10.1 Å². The molecule has 0 aromatic heterocycles. The quantitative estimate of drug-likeness (QED) is 0.895. The van der Waals surface area contributed by atoms with Crippen LogP contribution >= 0.6 is 15.9 Å². The van der Waals surface area contributed by atoms with Gasteiger partial charge >= 0.3 is 0 Å². The SMILES string of the molecule is CCN1CCCC1CNC(=O)c1cc(OC)ccc1Br. The number of carbonyl (C=O) groups is 1. The summed E-state index contributed by atoms with van der Waals surface area (Å²) < 4.78 is 5.95. The summed E-state index contributed by atoms with van der Waals surface area (Å²) in [6.07, 6.45) is 2.38. The number of benzene rings is 1. The lowest BCUT2D eigenvalue weighted by atomic mass is 10.2. The Kier molecular flexibility index (Phi) is 5.43. The smallest absolute Gasteiger partial charge is 0.252 e. The van der Waals surface area contributed by atoms with Gasteiger partial charge in [-0.1, -0.05) is 6.92 Å². The highest BCUT2D eigenvalue weighted by Crippen LogP contribution is 2.22. The molecule has 0 radical (unpaired) electrons. The number of nitrogens with one attached hydrogen (secondary N) is 1. The molecule has 0 saturated carbocycles. The Hall–Kier alpha value is -1.07. The summed E-state index contributed by atoms with van der Waals surface area (Å²) in [7, 11) is 1.60. The minimum Gasteiger partial charge on any atom is -0.497 e. The molecule has 110 valence electrons. The fourth-order valence-electron chi connectivity index (χ4n) is 2.65. The molecule has 0 aliphatic carbocycles. The molecule has 1 saturated heterocycles. The molecule has 1 aliphatic rings. The number of hydrogen-bond acceptors (Lipinski definition) is 3. The summed E-state index contributed by atoms with van der Waals surface area (Å²) in [5.41, 5.74) is 0.616. The fraction of sp³-hybridized carbons (Fsp3) is 0.533. The number of hydrogen-bond donors (Lipinski definition) is 1. The minimum atomic E-state index is -0.0567. The highest BCUT2D eigenvalue weighted by molar-refractivity contribution is 9.10. The summed E-state index contributed by atoms with van der Waals surface area (Å²) in [4.78, 5) is 14.7. The van der Waals surface area contributed by atoms with Crippen LogP contribution in [0.25, 0.3) is 0 Å². The third-order valence-corrected chi connectivity index (χ3v) is 4.51. The number of amides is 1. The Bertz CT molecular complexity index is 479. The molecule has 1 fully saturated rings. The Morgan fingerprint density at radius 2 is 2.35 bits per heavy atom. The zero-order valence-corrected chi connectivity index (χ0v) is 13.6. The molecule has 1 heterocycles. The van der Waals surface area contributed by atoms with Crippen LogP contribution in [0, 0.1) is 0 Å². The maximum atomic E-state index is 12.3. The van der Waals surface area contributed by atoms with Crippen LogP contribution in [0.3, 0.4) is 0 Å². The zero-order chi connectivity index (χ0) is 14.5. The standard InChI is InChI=1S/C15H21BrN2O2/c1-3-18-8-4-5-11(18)10-17-15(19)13-9-12(20-2)6-7-14(13)16/h6-7,9,11H,3-5,8,10H2,1-2H3,(H,17,19). The number of carbonyl (C=O) groups excluding carboxylic acids is 1. The Labute approximate surface area is 128 Å². The van der Waals surface area contributed by atoms with Crippen LogP contribution in [0.5, 0.6) is 5.75 Å². The van der Waals surface area contributed by atoms with Gasteiger partial charge in [0.25, 0.3) is 5.91 Å². The van der Waals surface area contributed by atoms with Crippen LogP contribution in [0.4, 0.5) is 0 Å². The largest absolute Gasteiger partial charge is 0.497 e. The van der Waals surface area contributed by atoms with Crippen molar-refractivity contribution in [3.8, 4) is 5.75 Å². The van der Waals surface area contributed by atoms with Crippen molar-refractivity contribution >= 4 is 21.8 Å². The van der Waals surface area contributed by atoms with E-state index in [9.17, 15) is 4.79 Å². The first-order valence-corrected chi connectivity index (χ1v) is 7.80. The average Bonchev–Trinajstić information content (AvgIpc) is 2.92. The summed E-state index contributed by atoms with van der Waals surface area (Å²) in [5, 5.41) is 3.03. The van der Waals surface area contributed by atoms with Crippen molar-refractivity contribution in [2.75, 3.05) is 26.7 Å². The van der Waals surface area contributed by atoms with E-state index in [0.717, 1.165) is 24.0 Å². The summed E-state index contributed by atoms with van der Waals surface area (Å²) >= 11 is 3.41. The number of methoxy groups -OCH3 is 1. The Morgan fingerprint density at radius 3 is 3.05 bits per heavy atom. The molecular formula is C15H21BrN2O2. The molecule has 4 nitrogen and oxygen atoms in total. The molecule has 0 spiro atoms. The first kappa shape index (κ1) is 15.3. The van der Waals surface area contributed by atoms with Gasteiger partial charge in [-0.3, -0.25) is 9.69 Å². The number of likely N-dealkylation sites (tertiary alicyclic amines) is 1. The van der Waals surface area contributed by atoms with Crippen molar-refractivity contribution in [3.63, 3.8) is 0 Å². The summed E-state index contributed by atoms with van der Waals surface area (Å²) in [6, 6.07) is 5.89. The van der Waals surface area contributed by atoms with Crippen molar-refractivity contribution in [1.82, 2.24) is 10.2 Å². The predicted molar refractivity (Wildman–Crippen MR) is 83.3 cm³/mol. The van der Waals surface area contributed by atoms with E-state index in [4.69, 9.17) is 4.74 Å². The Balaban J connectivity index is 1.98. The summed E-state index contributed by atoms with van der Waals surface area (Å²) in [6.45, 7) is 5.05. The molecule has 1 atom stereocenters. The van der Waals surface area contributed by atoms with Crippen molar-refractivity contribution in [1.29, 1.82) is 0 Å². The lowest BCUT2D eigenvalue weighted by molar-refractivity contribution is 0.0940. The van der Waals surface area contributed by atoms with Crippen LogP contribution in [-0.4, -0.2) is 43.6 Å². The lowest BCUT2D eigenvalue weighted by Crippen LogP contribution is -2.40. The molecule has 0 bridgehead atoms. The number of rotatable bonds is 5. The monoisotopic (exact) mass is 340 g/mol. The van der Waals surface area contributed by atoms with Gasteiger partial charge in [-0.15, -0.1) is 0 Å². The van der Waals surface area contributed by atoms with Crippen molar-refractivity contribution in [2.24, 2.45) is 0 Å². The van der Waals surface area contributed by atoms with Gasteiger partial charge in [0.05, 0.1) is 12.7 Å². The lowest BCUT2D eigenvalue weighted by Gasteiger charge is -2.23.